The summed E-state index contributed by atoms with van der Waals surface area (Å²) in [6.07, 6.45) is 2.39. The van der Waals surface area contributed by atoms with E-state index in [-0.39, 0.29) is 11.9 Å². The van der Waals surface area contributed by atoms with Gasteiger partial charge in [-0.25, -0.2) is 0 Å². The van der Waals surface area contributed by atoms with Gasteiger partial charge in [0.25, 0.3) is 0 Å². The molecule has 0 bridgehead atoms. The van der Waals surface area contributed by atoms with E-state index in [4.69, 9.17) is 16.3 Å². The Bertz CT molecular complexity index is 684. The van der Waals surface area contributed by atoms with E-state index in [1.807, 2.05) is 47.4 Å². The molecule has 0 radical (unpaired) electrons. The Labute approximate surface area is 141 Å². The lowest BCUT2D eigenvalue weighted by molar-refractivity contribution is -0.129. The summed E-state index contributed by atoms with van der Waals surface area (Å²) < 4.78 is 5.28. The Balaban J connectivity index is 1.72. The van der Waals surface area contributed by atoms with Crippen LogP contribution in [-0.4, -0.2) is 24.0 Å². The summed E-state index contributed by atoms with van der Waals surface area (Å²) in [6, 6.07) is 16.0. The van der Waals surface area contributed by atoms with Crippen LogP contribution in [0, 0.1) is 0 Å². The van der Waals surface area contributed by atoms with Crippen LogP contribution in [0.3, 0.4) is 0 Å². The molecule has 0 aliphatic carbocycles. The average molecular weight is 330 g/mol. The molecule has 23 heavy (non-hydrogen) atoms. The van der Waals surface area contributed by atoms with Gasteiger partial charge in [0.15, 0.2) is 0 Å². The summed E-state index contributed by atoms with van der Waals surface area (Å²) >= 11 is 5.93. The Morgan fingerprint density at radius 3 is 2.70 bits per heavy atom. The van der Waals surface area contributed by atoms with Crippen molar-refractivity contribution in [2.75, 3.05) is 7.11 Å². The van der Waals surface area contributed by atoms with Crippen molar-refractivity contribution in [1.29, 1.82) is 0 Å². The largest absolute Gasteiger partial charge is 0.497 e. The van der Waals surface area contributed by atoms with Crippen LogP contribution in [-0.2, 0) is 17.8 Å². The molecule has 0 N–H and O–H groups in total. The molecule has 0 saturated carbocycles. The lowest BCUT2D eigenvalue weighted by Crippen LogP contribution is -2.33. The van der Waals surface area contributed by atoms with Gasteiger partial charge in [0.1, 0.15) is 5.75 Å². The molecule has 1 aliphatic rings. The predicted octanol–water partition coefficient (Wildman–Crippen LogP) is 4.08. The standard InChI is InChI=1S/C19H20ClNO2/c1-23-18-4-2-3-15(12-18)11-17-9-10-19(22)21(17)13-14-5-7-16(20)8-6-14/h2-8,12,17H,9-11,13H2,1H3. The number of likely N-dealkylation sites (tertiary alicyclic amines) is 1. The number of benzene rings is 2. The Hall–Kier alpha value is -2.00. The molecule has 1 fully saturated rings. The summed E-state index contributed by atoms with van der Waals surface area (Å²) in [7, 11) is 1.67. The second-order valence-electron chi connectivity index (χ2n) is 5.90. The first-order chi connectivity index (χ1) is 11.2. The number of carbonyl (C=O) groups excluding carboxylic acids is 1. The normalized spacial score (nSPS) is 17.6. The summed E-state index contributed by atoms with van der Waals surface area (Å²) in [4.78, 5) is 14.2. The lowest BCUT2D eigenvalue weighted by Gasteiger charge is -2.25. The molecule has 120 valence electrons. The van der Waals surface area contributed by atoms with E-state index in [2.05, 4.69) is 6.07 Å². The van der Waals surface area contributed by atoms with Crippen LogP contribution in [0.25, 0.3) is 0 Å². The van der Waals surface area contributed by atoms with Gasteiger partial charge in [-0.05, 0) is 48.2 Å². The zero-order chi connectivity index (χ0) is 16.2. The molecular weight excluding hydrogens is 310 g/mol. The predicted molar refractivity (Wildman–Crippen MR) is 91.7 cm³/mol. The highest BCUT2D eigenvalue weighted by Gasteiger charge is 2.30. The summed E-state index contributed by atoms with van der Waals surface area (Å²) in [5.41, 5.74) is 2.31. The molecule has 1 saturated heterocycles. The highest BCUT2D eigenvalue weighted by Crippen LogP contribution is 2.26. The zero-order valence-electron chi connectivity index (χ0n) is 13.2. The van der Waals surface area contributed by atoms with Gasteiger partial charge in [0.05, 0.1) is 7.11 Å². The third-order valence-electron chi connectivity index (χ3n) is 4.32. The maximum absolute atomic E-state index is 12.2. The summed E-state index contributed by atoms with van der Waals surface area (Å²) in [6.45, 7) is 0.643. The quantitative estimate of drug-likeness (QED) is 0.827. The van der Waals surface area contributed by atoms with Crippen LogP contribution in [0.15, 0.2) is 48.5 Å². The van der Waals surface area contributed by atoms with Crippen LogP contribution in [0.5, 0.6) is 5.75 Å². The van der Waals surface area contributed by atoms with Crippen molar-refractivity contribution in [3.05, 3.63) is 64.7 Å². The van der Waals surface area contributed by atoms with Crippen LogP contribution >= 0.6 is 11.6 Å². The number of halogens is 1. The first-order valence-corrected chi connectivity index (χ1v) is 8.20. The van der Waals surface area contributed by atoms with Crippen molar-refractivity contribution in [1.82, 2.24) is 4.90 Å². The summed E-state index contributed by atoms with van der Waals surface area (Å²) in [5, 5.41) is 0.717. The van der Waals surface area contributed by atoms with Gasteiger partial charge in [-0.2, -0.15) is 0 Å². The fraction of sp³-hybridized carbons (Fsp3) is 0.316. The molecule has 1 aliphatic heterocycles. The molecule has 1 unspecified atom stereocenters. The number of ether oxygens (including phenoxy) is 1. The minimum atomic E-state index is 0.229. The first-order valence-electron chi connectivity index (χ1n) is 7.82. The van der Waals surface area contributed by atoms with Crippen molar-refractivity contribution in [2.45, 2.75) is 31.8 Å². The maximum atomic E-state index is 12.2. The van der Waals surface area contributed by atoms with E-state index in [0.717, 1.165) is 29.2 Å². The molecular formula is C19H20ClNO2. The highest BCUT2D eigenvalue weighted by atomic mass is 35.5. The lowest BCUT2D eigenvalue weighted by atomic mass is 10.0. The van der Waals surface area contributed by atoms with Gasteiger partial charge in [-0.15, -0.1) is 0 Å². The van der Waals surface area contributed by atoms with Gasteiger partial charge < -0.3 is 9.64 Å². The number of rotatable bonds is 5. The smallest absolute Gasteiger partial charge is 0.223 e. The number of hydrogen-bond acceptors (Lipinski definition) is 2. The molecule has 4 heteroatoms. The van der Waals surface area contributed by atoms with Gasteiger partial charge in [0, 0.05) is 24.0 Å². The van der Waals surface area contributed by atoms with Crippen molar-refractivity contribution in [2.24, 2.45) is 0 Å². The molecule has 1 heterocycles. The third-order valence-corrected chi connectivity index (χ3v) is 4.58. The zero-order valence-corrected chi connectivity index (χ0v) is 13.9. The monoisotopic (exact) mass is 329 g/mol. The number of hydrogen-bond donors (Lipinski definition) is 0. The van der Waals surface area contributed by atoms with Crippen molar-refractivity contribution < 1.29 is 9.53 Å². The average Bonchev–Trinajstić information content (AvgIpc) is 2.90. The topological polar surface area (TPSA) is 29.5 Å². The maximum Gasteiger partial charge on any atom is 0.223 e. The number of amides is 1. The number of methoxy groups -OCH3 is 1. The summed E-state index contributed by atoms with van der Waals surface area (Å²) in [5.74, 6) is 1.09. The molecule has 1 amide bonds. The van der Waals surface area contributed by atoms with Crippen LogP contribution in [0.2, 0.25) is 5.02 Å². The van der Waals surface area contributed by atoms with Crippen molar-refractivity contribution >= 4 is 17.5 Å². The van der Waals surface area contributed by atoms with Crippen molar-refractivity contribution in [3.8, 4) is 5.75 Å². The molecule has 0 aromatic heterocycles. The SMILES string of the molecule is COc1cccc(CC2CCC(=O)N2Cc2ccc(Cl)cc2)c1. The van der Waals surface area contributed by atoms with Crippen LogP contribution in [0.4, 0.5) is 0 Å². The molecule has 3 nitrogen and oxygen atoms in total. The highest BCUT2D eigenvalue weighted by molar-refractivity contribution is 6.30. The van der Waals surface area contributed by atoms with E-state index in [1.54, 1.807) is 7.11 Å². The Kier molecular flexibility index (Phi) is 4.87. The number of nitrogens with zero attached hydrogens (tertiary/aromatic N) is 1. The fourth-order valence-electron chi connectivity index (χ4n) is 3.08. The Morgan fingerprint density at radius 1 is 1.17 bits per heavy atom. The van der Waals surface area contributed by atoms with Gasteiger partial charge in [-0.1, -0.05) is 35.9 Å². The van der Waals surface area contributed by atoms with E-state index >= 15 is 0 Å². The van der Waals surface area contributed by atoms with Gasteiger partial charge >= 0.3 is 0 Å². The van der Waals surface area contributed by atoms with Gasteiger partial charge in [-0.3, -0.25) is 4.79 Å². The minimum absolute atomic E-state index is 0.229. The first kappa shape index (κ1) is 15.9. The van der Waals surface area contributed by atoms with Crippen LogP contribution < -0.4 is 4.74 Å². The minimum Gasteiger partial charge on any atom is -0.497 e. The van der Waals surface area contributed by atoms with Gasteiger partial charge in [0.2, 0.25) is 5.91 Å². The molecule has 0 spiro atoms. The molecule has 2 aromatic carbocycles. The fourth-order valence-corrected chi connectivity index (χ4v) is 3.21. The molecule has 1 atom stereocenters. The molecule has 3 rings (SSSR count). The van der Waals surface area contributed by atoms with E-state index in [9.17, 15) is 4.79 Å². The Morgan fingerprint density at radius 2 is 1.96 bits per heavy atom. The van der Waals surface area contributed by atoms with E-state index in [1.165, 1.54) is 5.56 Å². The second kappa shape index (κ2) is 7.05. The molecule has 2 aromatic rings. The van der Waals surface area contributed by atoms with E-state index < -0.39 is 0 Å². The third kappa shape index (κ3) is 3.85. The van der Waals surface area contributed by atoms with Crippen LogP contribution in [0.1, 0.15) is 24.0 Å². The van der Waals surface area contributed by atoms with Crippen molar-refractivity contribution in [3.63, 3.8) is 0 Å². The number of carbonyl (C=O) groups is 1. The van der Waals surface area contributed by atoms with E-state index in [0.29, 0.717) is 13.0 Å². The second-order valence-corrected chi connectivity index (χ2v) is 6.33.